The molecule has 34 heavy (non-hydrogen) atoms. The Morgan fingerprint density at radius 1 is 1.21 bits per heavy atom. The Bertz CT molecular complexity index is 1090. The predicted molar refractivity (Wildman–Crippen MR) is 119 cm³/mol. The van der Waals surface area contributed by atoms with Crippen molar-refractivity contribution in [2.24, 2.45) is 0 Å². The highest BCUT2D eigenvalue weighted by Crippen LogP contribution is 2.32. The van der Waals surface area contributed by atoms with E-state index in [0.717, 1.165) is 0 Å². The van der Waals surface area contributed by atoms with Gasteiger partial charge in [-0.3, -0.25) is 14.3 Å². The molecule has 0 spiro atoms. The van der Waals surface area contributed by atoms with Crippen molar-refractivity contribution in [3.63, 3.8) is 0 Å². The SMILES string of the molecule is CC(C)(C)OC(=O)N(C(=O)OC(C)(C)C)c1nc2c(ncn2[C@H]2C[C@@H](O)[C@@H](CCO)O2)c(=O)[nH]1. The van der Waals surface area contributed by atoms with E-state index in [-0.39, 0.29) is 30.6 Å². The number of aromatic amines is 1. The van der Waals surface area contributed by atoms with Crippen LogP contribution in [0.15, 0.2) is 11.1 Å². The average Bonchev–Trinajstić information content (AvgIpc) is 3.23. The van der Waals surface area contributed by atoms with Gasteiger partial charge in [0.05, 0.1) is 18.5 Å². The normalized spacial score (nSPS) is 21.0. The number of H-pyrrole nitrogens is 1. The zero-order chi connectivity index (χ0) is 25.4. The zero-order valence-corrected chi connectivity index (χ0v) is 20.1. The van der Waals surface area contributed by atoms with Crippen molar-refractivity contribution in [1.82, 2.24) is 19.5 Å². The first-order valence-electron chi connectivity index (χ1n) is 10.9. The minimum Gasteiger partial charge on any atom is -0.443 e. The fraction of sp³-hybridized carbons (Fsp3) is 0.667. The van der Waals surface area contributed by atoms with Gasteiger partial charge in [0, 0.05) is 13.0 Å². The van der Waals surface area contributed by atoms with Gasteiger partial charge < -0.3 is 24.4 Å². The average molecular weight is 482 g/mol. The summed E-state index contributed by atoms with van der Waals surface area (Å²) in [5.41, 5.74) is -2.63. The van der Waals surface area contributed by atoms with Crippen molar-refractivity contribution < 1.29 is 34.0 Å². The molecule has 1 saturated heterocycles. The number of imide groups is 1. The molecule has 0 bridgehead atoms. The van der Waals surface area contributed by atoms with Gasteiger partial charge in [0.1, 0.15) is 17.4 Å². The van der Waals surface area contributed by atoms with E-state index in [1.54, 1.807) is 41.5 Å². The van der Waals surface area contributed by atoms with Gasteiger partial charge in [-0.25, -0.2) is 14.6 Å². The van der Waals surface area contributed by atoms with Crippen LogP contribution in [0.5, 0.6) is 0 Å². The number of nitrogens with one attached hydrogen (secondary N) is 1. The maximum atomic E-state index is 12.9. The van der Waals surface area contributed by atoms with Crippen molar-refractivity contribution in [2.75, 3.05) is 11.5 Å². The number of rotatable bonds is 4. The van der Waals surface area contributed by atoms with E-state index in [9.17, 15) is 24.6 Å². The van der Waals surface area contributed by atoms with Crippen LogP contribution in [-0.2, 0) is 14.2 Å². The zero-order valence-electron chi connectivity index (χ0n) is 20.1. The van der Waals surface area contributed by atoms with E-state index in [1.807, 2.05) is 0 Å². The Labute approximate surface area is 195 Å². The summed E-state index contributed by atoms with van der Waals surface area (Å²) in [7, 11) is 0. The van der Waals surface area contributed by atoms with Crippen molar-refractivity contribution in [2.45, 2.75) is 84.0 Å². The van der Waals surface area contributed by atoms with E-state index in [0.29, 0.717) is 4.90 Å². The van der Waals surface area contributed by atoms with Crippen molar-refractivity contribution >= 4 is 29.3 Å². The van der Waals surface area contributed by atoms with Crippen LogP contribution in [0.3, 0.4) is 0 Å². The molecule has 13 nitrogen and oxygen atoms in total. The van der Waals surface area contributed by atoms with Gasteiger partial charge in [0.25, 0.3) is 5.56 Å². The van der Waals surface area contributed by atoms with Crippen molar-refractivity contribution in [3.8, 4) is 0 Å². The number of nitrogens with zero attached hydrogens (tertiary/aromatic N) is 4. The van der Waals surface area contributed by atoms with Crippen LogP contribution in [0.2, 0.25) is 0 Å². The molecule has 1 aliphatic heterocycles. The van der Waals surface area contributed by atoms with Crippen LogP contribution in [0.25, 0.3) is 11.2 Å². The van der Waals surface area contributed by atoms with Crippen LogP contribution < -0.4 is 10.5 Å². The van der Waals surface area contributed by atoms with Gasteiger partial charge in [0.15, 0.2) is 11.2 Å². The molecule has 2 aromatic rings. The molecule has 1 fully saturated rings. The minimum atomic E-state index is -1.09. The third-order valence-electron chi connectivity index (χ3n) is 4.71. The molecule has 2 aromatic heterocycles. The standard InChI is InChI=1S/C21H31N5O8/c1-20(2,3)33-18(30)26(19(31)34-21(4,5)6)17-23-15-14(16(29)24-17)22-10-25(15)13-9-11(28)12(32-13)7-8-27/h10-13,27-28H,7-9H2,1-6H3,(H,23,24,29)/t11-,12-,13-/m1/s1. The lowest BCUT2D eigenvalue weighted by Crippen LogP contribution is -2.45. The number of aromatic nitrogens is 4. The number of anilines is 1. The highest BCUT2D eigenvalue weighted by atomic mass is 16.6. The third-order valence-corrected chi connectivity index (χ3v) is 4.71. The Morgan fingerprint density at radius 3 is 2.32 bits per heavy atom. The number of hydrogen-bond donors (Lipinski definition) is 3. The molecule has 2 amide bonds. The Morgan fingerprint density at radius 2 is 1.79 bits per heavy atom. The minimum absolute atomic E-state index is 0.0257. The van der Waals surface area contributed by atoms with Gasteiger partial charge in [-0.15, -0.1) is 4.90 Å². The van der Waals surface area contributed by atoms with Crippen LogP contribution in [0, 0.1) is 0 Å². The first-order chi connectivity index (χ1) is 15.7. The molecule has 0 aliphatic carbocycles. The monoisotopic (exact) mass is 481 g/mol. The first kappa shape index (κ1) is 25.6. The quantitative estimate of drug-likeness (QED) is 0.585. The molecule has 0 unspecified atom stereocenters. The van der Waals surface area contributed by atoms with Crippen LogP contribution in [-0.4, -0.2) is 71.9 Å². The summed E-state index contributed by atoms with van der Waals surface area (Å²) in [5.74, 6) is -0.423. The number of ether oxygens (including phenoxy) is 3. The van der Waals surface area contributed by atoms with Crippen LogP contribution in [0.1, 0.15) is 60.6 Å². The summed E-state index contributed by atoms with van der Waals surface area (Å²) in [5, 5.41) is 19.4. The van der Waals surface area contributed by atoms with Gasteiger partial charge in [-0.2, -0.15) is 4.98 Å². The Kier molecular flexibility index (Phi) is 7.01. The van der Waals surface area contributed by atoms with E-state index in [4.69, 9.17) is 14.2 Å². The summed E-state index contributed by atoms with van der Waals surface area (Å²) >= 11 is 0. The summed E-state index contributed by atoms with van der Waals surface area (Å²) in [6.07, 6.45) is -2.63. The van der Waals surface area contributed by atoms with Crippen LogP contribution >= 0.6 is 0 Å². The van der Waals surface area contributed by atoms with Crippen molar-refractivity contribution in [3.05, 3.63) is 16.7 Å². The lowest BCUT2D eigenvalue weighted by atomic mass is 10.1. The highest BCUT2D eigenvalue weighted by molar-refractivity contribution is 6.08. The topological polar surface area (TPSA) is 169 Å². The number of carbonyl (C=O) groups excluding carboxylic acids is 2. The van der Waals surface area contributed by atoms with Crippen LogP contribution in [0.4, 0.5) is 15.5 Å². The predicted octanol–water partition coefficient (Wildman–Crippen LogP) is 1.83. The number of fused-ring (bicyclic) bond motifs is 1. The third kappa shape index (κ3) is 5.72. The number of carbonyl (C=O) groups is 2. The lowest BCUT2D eigenvalue weighted by Gasteiger charge is -2.27. The molecule has 1 aliphatic rings. The number of aliphatic hydroxyl groups is 2. The molecule has 0 saturated carbocycles. The molecule has 3 N–H and O–H groups in total. The maximum Gasteiger partial charge on any atom is 0.427 e. The van der Waals surface area contributed by atoms with E-state index in [2.05, 4.69) is 15.0 Å². The largest absolute Gasteiger partial charge is 0.443 e. The molecule has 3 rings (SSSR count). The Hall–Kier alpha value is -3.03. The second kappa shape index (κ2) is 9.31. The molecular weight excluding hydrogens is 450 g/mol. The molecule has 3 atom stereocenters. The number of imidazole rings is 1. The van der Waals surface area contributed by atoms with E-state index < -0.39 is 53.3 Å². The van der Waals surface area contributed by atoms with E-state index in [1.165, 1.54) is 10.9 Å². The number of aliphatic hydroxyl groups excluding tert-OH is 2. The molecule has 0 radical (unpaired) electrons. The first-order valence-corrected chi connectivity index (χ1v) is 10.9. The number of hydrogen-bond acceptors (Lipinski definition) is 10. The second-order valence-electron chi connectivity index (χ2n) is 9.95. The van der Waals surface area contributed by atoms with Gasteiger partial charge >= 0.3 is 12.2 Å². The molecule has 13 heteroatoms. The van der Waals surface area contributed by atoms with E-state index >= 15 is 0 Å². The molecule has 3 heterocycles. The van der Waals surface area contributed by atoms with Gasteiger partial charge in [-0.05, 0) is 48.0 Å². The number of amides is 2. The smallest absolute Gasteiger partial charge is 0.427 e. The molecular formula is C21H31N5O8. The maximum absolute atomic E-state index is 12.9. The molecule has 0 aromatic carbocycles. The summed E-state index contributed by atoms with van der Waals surface area (Å²) in [6, 6.07) is 0. The fourth-order valence-corrected chi connectivity index (χ4v) is 3.37. The summed E-state index contributed by atoms with van der Waals surface area (Å²) in [4.78, 5) is 49.8. The highest BCUT2D eigenvalue weighted by Gasteiger charge is 2.37. The summed E-state index contributed by atoms with van der Waals surface area (Å²) in [6.45, 7) is 9.57. The Balaban J connectivity index is 2.06. The van der Waals surface area contributed by atoms with Crippen molar-refractivity contribution in [1.29, 1.82) is 0 Å². The van der Waals surface area contributed by atoms with Gasteiger partial charge in [0.2, 0.25) is 5.95 Å². The van der Waals surface area contributed by atoms with Gasteiger partial charge in [-0.1, -0.05) is 0 Å². The molecule has 188 valence electrons. The lowest BCUT2D eigenvalue weighted by molar-refractivity contribution is -0.0275. The fourth-order valence-electron chi connectivity index (χ4n) is 3.37. The summed E-state index contributed by atoms with van der Waals surface area (Å²) < 4.78 is 17.9. The second-order valence-corrected chi connectivity index (χ2v) is 9.95.